The van der Waals surface area contributed by atoms with E-state index in [-0.39, 0.29) is 36.6 Å². The molecule has 6 heteroatoms. The van der Waals surface area contributed by atoms with Crippen LogP contribution in [0.4, 0.5) is 4.39 Å². The summed E-state index contributed by atoms with van der Waals surface area (Å²) in [7, 11) is 0. The van der Waals surface area contributed by atoms with Crippen LogP contribution in [0, 0.1) is 5.82 Å². The number of amides is 2. The summed E-state index contributed by atoms with van der Waals surface area (Å²) < 4.78 is 20.0. The van der Waals surface area contributed by atoms with E-state index >= 15 is 0 Å². The SMILES string of the molecule is CC(C(=O)NC1CCCCC1)N(Cc1ccccc1F)C(=O)CCCOc1ccccc1. The Hall–Kier alpha value is -2.89. The molecule has 1 N–H and O–H groups in total. The molecule has 0 bridgehead atoms. The van der Waals surface area contributed by atoms with Gasteiger partial charge in [0, 0.05) is 24.6 Å². The van der Waals surface area contributed by atoms with Crippen molar-refractivity contribution in [2.24, 2.45) is 0 Å². The lowest BCUT2D eigenvalue weighted by Crippen LogP contribution is -2.50. The quantitative estimate of drug-likeness (QED) is 0.537. The maximum absolute atomic E-state index is 14.3. The van der Waals surface area contributed by atoms with E-state index in [1.165, 1.54) is 17.4 Å². The molecule has 32 heavy (non-hydrogen) atoms. The van der Waals surface area contributed by atoms with Crippen molar-refractivity contribution in [2.45, 2.75) is 70.5 Å². The molecule has 2 amide bonds. The summed E-state index contributed by atoms with van der Waals surface area (Å²) in [5, 5.41) is 3.09. The van der Waals surface area contributed by atoms with E-state index in [0.717, 1.165) is 31.4 Å². The largest absolute Gasteiger partial charge is 0.494 e. The van der Waals surface area contributed by atoms with Gasteiger partial charge in [-0.15, -0.1) is 0 Å². The lowest BCUT2D eigenvalue weighted by molar-refractivity contribution is -0.141. The van der Waals surface area contributed by atoms with Crippen LogP contribution in [-0.2, 0) is 16.1 Å². The molecule has 0 saturated heterocycles. The van der Waals surface area contributed by atoms with Gasteiger partial charge >= 0.3 is 0 Å². The highest BCUT2D eigenvalue weighted by atomic mass is 19.1. The van der Waals surface area contributed by atoms with Crippen molar-refractivity contribution >= 4 is 11.8 Å². The third-order valence-electron chi connectivity index (χ3n) is 5.96. The molecule has 1 fully saturated rings. The van der Waals surface area contributed by atoms with E-state index in [9.17, 15) is 14.0 Å². The molecule has 1 aliphatic rings. The fraction of sp³-hybridized carbons (Fsp3) is 0.462. The first-order valence-corrected chi connectivity index (χ1v) is 11.6. The number of ether oxygens (including phenoxy) is 1. The van der Waals surface area contributed by atoms with Crippen molar-refractivity contribution in [3.05, 3.63) is 66.0 Å². The number of hydrogen-bond acceptors (Lipinski definition) is 3. The second-order valence-electron chi connectivity index (χ2n) is 8.40. The highest BCUT2D eigenvalue weighted by Gasteiger charge is 2.28. The first-order valence-electron chi connectivity index (χ1n) is 11.6. The third-order valence-corrected chi connectivity index (χ3v) is 5.96. The second kappa shape index (κ2) is 12.2. The molecule has 0 aliphatic heterocycles. The smallest absolute Gasteiger partial charge is 0.242 e. The van der Waals surface area contributed by atoms with Crippen molar-refractivity contribution in [3.8, 4) is 5.75 Å². The summed E-state index contributed by atoms with van der Waals surface area (Å²) in [4.78, 5) is 27.5. The van der Waals surface area contributed by atoms with E-state index < -0.39 is 6.04 Å². The zero-order chi connectivity index (χ0) is 22.8. The molecular formula is C26H33FN2O3. The number of nitrogens with one attached hydrogen (secondary N) is 1. The van der Waals surface area contributed by atoms with Gasteiger partial charge in [0.25, 0.3) is 0 Å². The van der Waals surface area contributed by atoms with Gasteiger partial charge in [-0.2, -0.15) is 0 Å². The Morgan fingerprint density at radius 1 is 1.06 bits per heavy atom. The molecule has 1 atom stereocenters. The molecule has 2 aromatic carbocycles. The molecule has 172 valence electrons. The van der Waals surface area contributed by atoms with Gasteiger partial charge < -0.3 is 15.0 Å². The highest BCUT2D eigenvalue weighted by molar-refractivity contribution is 5.87. The Balaban J connectivity index is 1.61. The molecular weight excluding hydrogens is 407 g/mol. The molecule has 0 spiro atoms. The van der Waals surface area contributed by atoms with Gasteiger partial charge in [-0.3, -0.25) is 9.59 Å². The van der Waals surface area contributed by atoms with E-state index in [1.807, 2.05) is 30.3 Å². The number of para-hydroxylation sites is 1. The lowest BCUT2D eigenvalue weighted by Gasteiger charge is -2.31. The molecule has 1 unspecified atom stereocenters. The van der Waals surface area contributed by atoms with Crippen molar-refractivity contribution in [2.75, 3.05) is 6.61 Å². The maximum atomic E-state index is 14.3. The van der Waals surface area contributed by atoms with E-state index in [0.29, 0.717) is 18.6 Å². The molecule has 5 nitrogen and oxygen atoms in total. The summed E-state index contributed by atoms with van der Waals surface area (Å²) in [5.41, 5.74) is 0.402. The molecule has 3 rings (SSSR count). The van der Waals surface area contributed by atoms with Crippen molar-refractivity contribution < 1.29 is 18.7 Å². The monoisotopic (exact) mass is 440 g/mol. The van der Waals surface area contributed by atoms with E-state index in [2.05, 4.69) is 5.32 Å². The van der Waals surface area contributed by atoms with E-state index in [1.54, 1.807) is 25.1 Å². The van der Waals surface area contributed by atoms with Crippen LogP contribution < -0.4 is 10.1 Å². The van der Waals surface area contributed by atoms with Crippen molar-refractivity contribution in [1.82, 2.24) is 10.2 Å². The minimum Gasteiger partial charge on any atom is -0.494 e. The van der Waals surface area contributed by atoms with Gasteiger partial charge in [0.15, 0.2) is 0 Å². The molecule has 0 radical (unpaired) electrons. The standard InChI is InChI=1S/C26H33FN2O3/c1-20(26(31)28-22-12-4-2-5-13-22)29(19-21-11-8-9-16-24(21)27)25(30)17-10-18-32-23-14-6-3-7-15-23/h3,6-9,11,14-16,20,22H,2,4-5,10,12-13,17-19H2,1H3,(H,28,31). The van der Waals surface area contributed by atoms with Crippen LogP contribution in [0.2, 0.25) is 0 Å². The number of carbonyl (C=O) groups excluding carboxylic acids is 2. The normalized spacial score (nSPS) is 15.1. The van der Waals surface area contributed by atoms with Crippen LogP contribution in [0.1, 0.15) is 57.4 Å². The topological polar surface area (TPSA) is 58.6 Å². The number of benzene rings is 2. The molecule has 2 aromatic rings. The fourth-order valence-electron chi connectivity index (χ4n) is 4.04. The lowest BCUT2D eigenvalue weighted by atomic mass is 9.95. The van der Waals surface area contributed by atoms with Crippen molar-refractivity contribution in [3.63, 3.8) is 0 Å². The summed E-state index contributed by atoms with van der Waals surface area (Å²) in [6, 6.07) is 15.3. The summed E-state index contributed by atoms with van der Waals surface area (Å²) in [5.74, 6) is 0.0133. The maximum Gasteiger partial charge on any atom is 0.242 e. The number of carbonyl (C=O) groups is 2. The Bertz CT molecular complexity index is 868. The molecule has 1 aliphatic carbocycles. The summed E-state index contributed by atoms with van der Waals surface area (Å²) >= 11 is 0. The minimum absolute atomic E-state index is 0.0598. The van der Waals surface area contributed by atoms with Gasteiger partial charge in [-0.25, -0.2) is 4.39 Å². The van der Waals surface area contributed by atoms with Crippen LogP contribution in [-0.4, -0.2) is 35.4 Å². The average Bonchev–Trinajstić information content (AvgIpc) is 2.82. The third kappa shape index (κ3) is 7.08. The number of nitrogens with zero attached hydrogens (tertiary/aromatic N) is 1. The fourth-order valence-corrected chi connectivity index (χ4v) is 4.04. The number of rotatable bonds is 10. The van der Waals surface area contributed by atoms with Crippen molar-refractivity contribution in [1.29, 1.82) is 0 Å². The predicted molar refractivity (Wildman–Crippen MR) is 123 cm³/mol. The predicted octanol–water partition coefficient (Wildman–Crippen LogP) is 4.85. The highest BCUT2D eigenvalue weighted by Crippen LogP contribution is 2.19. The Morgan fingerprint density at radius 2 is 1.75 bits per heavy atom. The van der Waals surface area contributed by atoms with Gasteiger partial charge in [-0.05, 0) is 44.4 Å². The Labute approximate surface area is 190 Å². The van der Waals surface area contributed by atoms with Crippen LogP contribution in [0.3, 0.4) is 0 Å². The number of halogens is 1. The van der Waals surface area contributed by atoms with Gasteiger partial charge in [0.05, 0.1) is 6.61 Å². The zero-order valence-corrected chi connectivity index (χ0v) is 18.8. The minimum atomic E-state index is -0.681. The molecule has 0 heterocycles. The first-order chi connectivity index (χ1) is 15.5. The molecule has 1 saturated carbocycles. The van der Waals surface area contributed by atoms with E-state index in [4.69, 9.17) is 4.74 Å². The molecule has 0 aromatic heterocycles. The van der Waals surface area contributed by atoms with Gasteiger partial charge in [0.2, 0.25) is 11.8 Å². The number of hydrogen-bond donors (Lipinski definition) is 1. The van der Waals surface area contributed by atoms with Crippen LogP contribution in [0.5, 0.6) is 5.75 Å². The Kier molecular flexibility index (Phi) is 9.08. The average molecular weight is 441 g/mol. The zero-order valence-electron chi connectivity index (χ0n) is 18.8. The second-order valence-corrected chi connectivity index (χ2v) is 8.40. The van der Waals surface area contributed by atoms with Crippen LogP contribution >= 0.6 is 0 Å². The van der Waals surface area contributed by atoms with Crippen LogP contribution in [0.25, 0.3) is 0 Å². The summed E-state index contributed by atoms with van der Waals surface area (Å²) in [6.07, 6.45) is 6.09. The summed E-state index contributed by atoms with van der Waals surface area (Å²) in [6.45, 7) is 2.17. The van der Waals surface area contributed by atoms with Crippen LogP contribution in [0.15, 0.2) is 54.6 Å². The van der Waals surface area contributed by atoms with Gasteiger partial charge in [-0.1, -0.05) is 55.7 Å². The van der Waals surface area contributed by atoms with Gasteiger partial charge in [0.1, 0.15) is 17.6 Å². The Morgan fingerprint density at radius 3 is 2.47 bits per heavy atom. The first kappa shape index (κ1) is 23.8.